The van der Waals surface area contributed by atoms with Crippen LogP contribution in [0.5, 0.6) is 0 Å². The van der Waals surface area contributed by atoms with Gasteiger partial charge in [0.1, 0.15) is 18.3 Å². The summed E-state index contributed by atoms with van der Waals surface area (Å²) in [4.78, 5) is 11.8. The van der Waals surface area contributed by atoms with E-state index < -0.39 is 18.3 Å². The van der Waals surface area contributed by atoms with Crippen molar-refractivity contribution >= 4 is 6.29 Å². The van der Waals surface area contributed by atoms with Gasteiger partial charge in [-0.25, -0.2) is 0 Å². The molecule has 0 aromatic heterocycles. The third-order valence-corrected chi connectivity index (χ3v) is 7.20. The summed E-state index contributed by atoms with van der Waals surface area (Å²) < 4.78 is 17.4. The highest BCUT2D eigenvalue weighted by Gasteiger charge is 2.30. The zero-order valence-electron chi connectivity index (χ0n) is 25.6. The van der Waals surface area contributed by atoms with Gasteiger partial charge < -0.3 is 24.1 Å². The lowest BCUT2D eigenvalue weighted by molar-refractivity contribution is -0.156. The summed E-state index contributed by atoms with van der Waals surface area (Å²) in [7, 11) is 0. The number of aliphatic hydroxyl groups is 1. The lowest BCUT2D eigenvalue weighted by Gasteiger charge is -2.28. The van der Waals surface area contributed by atoms with Crippen LogP contribution in [0.4, 0.5) is 0 Å². The number of benzene rings is 5. The minimum absolute atomic E-state index is 0.0212. The topological polar surface area (TPSA) is 65.0 Å². The van der Waals surface area contributed by atoms with E-state index in [9.17, 15) is 9.90 Å². The predicted octanol–water partition coefficient (Wildman–Crippen LogP) is 7.41. The van der Waals surface area contributed by atoms with Crippen molar-refractivity contribution in [3.05, 3.63) is 179 Å². The molecule has 1 N–H and O–H groups in total. The van der Waals surface area contributed by atoms with Crippen molar-refractivity contribution in [2.45, 2.75) is 51.0 Å². The number of carbonyl (C=O) groups is 1. The summed E-state index contributed by atoms with van der Waals surface area (Å²) in [5.74, 6) is 0. The smallest absolute Gasteiger partial charge is 0.151 e. The normalized spacial score (nSPS) is 12.7. The monoisotopic (exact) mass is 602 g/mol. The summed E-state index contributed by atoms with van der Waals surface area (Å²) in [5, 5.41) is 10.8. The Bertz CT molecular complexity index is 1410. The fraction of sp³-hybridized carbons (Fsp3) is 0.225. The van der Waals surface area contributed by atoms with Crippen LogP contribution in [-0.4, -0.2) is 36.3 Å². The standard InChI is InChI=1S/C26H28O5.C14H14/c27-16-25(30-18-22-12-6-2-7-13-22)26(31-19-23-14-8-3-9-15-23)24(28)20-29-17-21-10-4-1-5-11-21;1-3-7-13(8-4-1)11-12-14-9-5-2-6-10-14/h1-16,24-26,28H,17-20H2;1-10H,11-12H2/t24-,25-,26-;/m1./s1. The highest BCUT2D eigenvalue weighted by atomic mass is 16.6. The van der Waals surface area contributed by atoms with Crippen LogP contribution in [0.1, 0.15) is 27.8 Å². The van der Waals surface area contributed by atoms with Crippen LogP contribution in [0.25, 0.3) is 0 Å². The highest BCUT2D eigenvalue weighted by molar-refractivity contribution is 5.57. The molecule has 5 aromatic rings. The summed E-state index contributed by atoms with van der Waals surface area (Å²) in [5.41, 5.74) is 5.71. The summed E-state index contributed by atoms with van der Waals surface area (Å²) in [6.07, 6.45) is 0.115. The zero-order valence-corrected chi connectivity index (χ0v) is 25.6. The van der Waals surface area contributed by atoms with Crippen molar-refractivity contribution in [2.24, 2.45) is 0 Å². The first-order chi connectivity index (χ1) is 22.2. The van der Waals surface area contributed by atoms with Crippen molar-refractivity contribution < 1.29 is 24.1 Å². The highest BCUT2D eigenvalue weighted by Crippen LogP contribution is 2.15. The second-order valence-corrected chi connectivity index (χ2v) is 10.7. The summed E-state index contributed by atoms with van der Waals surface area (Å²) in [6.45, 7) is 0.876. The van der Waals surface area contributed by atoms with Gasteiger partial charge >= 0.3 is 0 Å². The Labute approximate surface area is 267 Å². The number of aryl methyl sites for hydroxylation is 2. The average molecular weight is 603 g/mol. The zero-order chi connectivity index (χ0) is 31.4. The van der Waals surface area contributed by atoms with E-state index >= 15 is 0 Å². The molecule has 0 spiro atoms. The van der Waals surface area contributed by atoms with Crippen molar-refractivity contribution in [1.29, 1.82) is 0 Å². The molecular weight excluding hydrogens is 560 g/mol. The van der Waals surface area contributed by atoms with Gasteiger partial charge in [0.15, 0.2) is 6.29 Å². The van der Waals surface area contributed by atoms with Gasteiger partial charge in [0.2, 0.25) is 0 Å². The molecule has 45 heavy (non-hydrogen) atoms. The minimum atomic E-state index is -1.03. The first kappa shape index (κ1) is 33.5. The van der Waals surface area contributed by atoms with E-state index in [0.29, 0.717) is 12.9 Å². The Kier molecular flexibility index (Phi) is 14.7. The van der Waals surface area contributed by atoms with E-state index in [1.165, 1.54) is 11.1 Å². The Morgan fingerprint density at radius 3 is 1.24 bits per heavy atom. The maximum atomic E-state index is 11.8. The van der Waals surface area contributed by atoms with Crippen LogP contribution < -0.4 is 0 Å². The Morgan fingerprint density at radius 2 is 0.844 bits per heavy atom. The molecule has 0 fully saturated rings. The third-order valence-electron chi connectivity index (χ3n) is 7.20. The Hall–Kier alpha value is -4.39. The number of aldehydes is 1. The molecule has 5 aromatic carbocycles. The molecule has 0 aliphatic rings. The average Bonchev–Trinajstić information content (AvgIpc) is 3.11. The van der Waals surface area contributed by atoms with E-state index in [4.69, 9.17) is 14.2 Å². The molecule has 0 amide bonds. The maximum Gasteiger partial charge on any atom is 0.151 e. The molecule has 0 saturated heterocycles. The van der Waals surface area contributed by atoms with Gasteiger partial charge in [-0.15, -0.1) is 0 Å². The van der Waals surface area contributed by atoms with Crippen molar-refractivity contribution in [3.8, 4) is 0 Å². The van der Waals surface area contributed by atoms with E-state index in [0.717, 1.165) is 29.5 Å². The molecule has 0 aliphatic carbocycles. The van der Waals surface area contributed by atoms with E-state index in [1.54, 1.807) is 0 Å². The van der Waals surface area contributed by atoms with Gasteiger partial charge in [-0.2, -0.15) is 0 Å². The van der Waals surface area contributed by atoms with Crippen LogP contribution in [0.3, 0.4) is 0 Å². The molecule has 3 atom stereocenters. The van der Waals surface area contributed by atoms with Crippen LogP contribution in [-0.2, 0) is 51.7 Å². The molecule has 0 aliphatic heterocycles. The van der Waals surface area contributed by atoms with Crippen LogP contribution in [0.15, 0.2) is 152 Å². The molecule has 5 rings (SSSR count). The number of rotatable bonds is 16. The minimum Gasteiger partial charge on any atom is -0.388 e. The first-order valence-corrected chi connectivity index (χ1v) is 15.3. The van der Waals surface area contributed by atoms with E-state index in [-0.39, 0.29) is 19.8 Å². The van der Waals surface area contributed by atoms with Gasteiger partial charge in [0.05, 0.1) is 26.4 Å². The number of carbonyl (C=O) groups excluding carboxylic acids is 1. The number of hydrogen-bond acceptors (Lipinski definition) is 5. The molecule has 5 heteroatoms. The lowest BCUT2D eigenvalue weighted by atomic mass is 10.0. The van der Waals surface area contributed by atoms with E-state index in [2.05, 4.69) is 60.7 Å². The SMILES string of the molecule is O=C[C@@H](OCc1ccccc1)[C@H](OCc1ccccc1)[C@H](O)COCc1ccccc1.c1ccc(CCc2ccccc2)cc1. The quantitative estimate of drug-likeness (QED) is 0.119. The third kappa shape index (κ3) is 12.6. The fourth-order valence-electron chi connectivity index (χ4n) is 4.71. The molecule has 0 heterocycles. The molecule has 232 valence electrons. The van der Waals surface area contributed by atoms with Crippen molar-refractivity contribution in [2.75, 3.05) is 6.61 Å². The molecule has 0 radical (unpaired) electrons. The number of hydrogen-bond donors (Lipinski definition) is 1. The second kappa shape index (κ2) is 19.8. The fourth-order valence-corrected chi connectivity index (χ4v) is 4.71. The molecular formula is C40H42O5. The second-order valence-electron chi connectivity index (χ2n) is 10.7. The number of aliphatic hydroxyl groups excluding tert-OH is 1. The molecule has 0 bridgehead atoms. The largest absolute Gasteiger partial charge is 0.388 e. The number of ether oxygens (including phenoxy) is 3. The lowest BCUT2D eigenvalue weighted by Crippen LogP contribution is -2.44. The van der Waals surface area contributed by atoms with Crippen LogP contribution >= 0.6 is 0 Å². The Balaban J connectivity index is 0.000000273. The predicted molar refractivity (Wildman–Crippen MR) is 178 cm³/mol. The van der Waals surface area contributed by atoms with Gasteiger partial charge in [0, 0.05) is 0 Å². The molecule has 5 nitrogen and oxygen atoms in total. The van der Waals surface area contributed by atoms with Crippen molar-refractivity contribution in [1.82, 2.24) is 0 Å². The maximum absolute atomic E-state index is 11.8. The summed E-state index contributed by atoms with van der Waals surface area (Å²) >= 11 is 0. The van der Waals surface area contributed by atoms with Gasteiger partial charge in [0.25, 0.3) is 0 Å². The first-order valence-electron chi connectivity index (χ1n) is 15.3. The van der Waals surface area contributed by atoms with Gasteiger partial charge in [-0.1, -0.05) is 152 Å². The van der Waals surface area contributed by atoms with Gasteiger partial charge in [-0.05, 0) is 40.7 Å². The molecule has 0 saturated carbocycles. The van der Waals surface area contributed by atoms with Crippen LogP contribution in [0.2, 0.25) is 0 Å². The Morgan fingerprint density at radius 1 is 0.489 bits per heavy atom. The summed E-state index contributed by atoms with van der Waals surface area (Å²) in [6, 6.07) is 50.1. The van der Waals surface area contributed by atoms with Crippen LogP contribution in [0, 0.1) is 0 Å². The van der Waals surface area contributed by atoms with E-state index in [1.807, 2.05) is 91.0 Å². The van der Waals surface area contributed by atoms with Gasteiger partial charge in [-0.3, -0.25) is 0 Å². The molecule has 0 unspecified atom stereocenters. The van der Waals surface area contributed by atoms with Crippen molar-refractivity contribution in [3.63, 3.8) is 0 Å².